The molecule has 4 heteroatoms. The number of aryl methyl sites for hydroxylation is 1. The maximum absolute atomic E-state index is 10.9. The molecule has 0 bridgehead atoms. The lowest BCUT2D eigenvalue weighted by molar-refractivity contribution is -0.385. The lowest BCUT2D eigenvalue weighted by atomic mass is 10.1. The highest BCUT2D eigenvalue weighted by Gasteiger charge is 2.10. The van der Waals surface area contributed by atoms with E-state index in [1.807, 2.05) is 32.0 Å². The van der Waals surface area contributed by atoms with Crippen molar-refractivity contribution >= 4 is 17.6 Å². The van der Waals surface area contributed by atoms with Gasteiger partial charge < -0.3 is 0 Å². The van der Waals surface area contributed by atoms with Gasteiger partial charge >= 0.3 is 0 Å². The van der Waals surface area contributed by atoms with Crippen LogP contribution in [0.3, 0.4) is 0 Å². The topological polar surface area (TPSA) is 55.5 Å². The molecule has 0 atom stereocenters. The number of benzene rings is 2. The van der Waals surface area contributed by atoms with Gasteiger partial charge in [0.1, 0.15) is 0 Å². The van der Waals surface area contributed by atoms with Gasteiger partial charge in [0.25, 0.3) is 5.69 Å². The number of nitro benzene ring substituents is 1. The van der Waals surface area contributed by atoms with E-state index >= 15 is 0 Å². The Balaban J connectivity index is 2.38. The van der Waals surface area contributed by atoms with Crippen LogP contribution in [-0.2, 0) is 0 Å². The molecule has 0 saturated carbocycles. The van der Waals surface area contributed by atoms with Crippen LogP contribution in [0.15, 0.2) is 47.5 Å². The summed E-state index contributed by atoms with van der Waals surface area (Å²) in [5.41, 5.74) is 3.64. The van der Waals surface area contributed by atoms with Crippen LogP contribution in [0.1, 0.15) is 16.7 Å². The van der Waals surface area contributed by atoms with Crippen molar-refractivity contribution < 1.29 is 4.92 Å². The molecule has 0 saturated heterocycles. The lowest BCUT2D eigenvalue weighted by Crippen LogP contribution is -1.93. The van der Waals surface area contributed by atoms with E-state index in [9.17, 15) is 10.1 Å². The molecule has 0 aromatic heterocycles. The molecule has 0 unspecified atom stereocenters. The summed E-state index contributed by atoms with van der Waals surface area (Å²) in [6.45, 7) is 4.00. The average molecular weight is 254 g/mol. The molecular formula is C15H14N2O2. The first-order valence-corrected chi connectivity index (χ1v) is 5.93. The molecule has 19 heavy (non-hydrogen) atoms. The van der Waals surface area contributed by atoms with Crippen LogP contribution in [-0.4, -0.2) is 11.1 Å². The van der Waals surface area contributed by atoms with Crippen molar-refractivity contribution in [3.63, 3.8) is 0 Å². The van der Waals surface area contributed by atoms with Crippen LogP contribution in [0, 0.1) is 24.0 Å². The minimum atomic E-state index is -0.398. The molecule has 2 aromatic rings. The first kappa shape index (κ1) is 13.0. The number of rotatable bonds is 3. The zero-order chi connectivity index (χ0) is 13.8. The average Bonchev–Trinajstić information content (AvgIpc) is 2.40. The van der Waals surface area contributed by atoms with Gasteiger partial charge in [0.2, 0.25) is 0 Å². The van der Waals surface area contributed by atoms with Crippen molar-refractivity contribution in [1.29, 1.82) is 0 Å². The van der Waals surface area contributed by atoms with Gasteiger partial charge in [0.15, 0.2) is 0 Å². The number of nitro groups is 1. The Morgan fingerprint density at radius 3 is 2.58 bits per heavy atom. The van der Waals surface area contributed by atoms with Crippen molar-refractivity contribution in [2.45, 2.75) is 13.8 Å². The molecule has 0 fully saturated rings. The predicted molar refractivity (Wildman–Crippen MR) is 76.3 cm³/mol. The van der Waals surface area contributed by atoms with Gasteiger partial charge in [-0.15, -0.1) is 0 Å². The van der Waals surface area contributed by atoms with Gasteiger partial charge in [-0.3, -0.25) is 15.1 Å². The summed E-state index contributed by atoms with van der Waals surface area (Å²) in [6, 6.07) is 12.4. The van der Waals surface area contributed by atoms with E-state index in [4.69, 9.17) is 0 Å². The van der Waals surface area contributed by atoms with Crippen LogP contribution >= 0.6 is 0 Å². The predicted octanol–water partition coefficient (Wildman–Crippen LogP) is 3.96. The smallest absolute Gasteiger partial charge is 0.258 e. The highest BCUT2D eigenvalue weighted by molar-refractivity contribution is 5.87. The molecule has 4 nitrogen and oxygen atoms in total. The Labute approximate surface area is 111 Å². The number of para-hydroxylation sites is 1. The van der Waals surface area contributed by atoms with Crippen molar-refractivity contribution in [3.05, 3.63) is 69.3 Å². The molecule has 2 rings (SSSR count). The molecule has 0 aliphatic carbocycles. The van der Waals surface area contributed by atoms with Crippen molar-refractivity contribution in [2.75, 3.05) is 0 Å². The summed E-state index contributed by atoms with van der Waals surface area (Å²) < 4.78 is 0. The Kier molecular flexibility index (Phi) is 3.71. The molecule has 0 aliphatic rings. The van der Waals surface area contributed by atoms with Crippen LogP contribution < -0.4 is 0 Å². The highest BCUT2D eigenvalue weighted by atomic mass is 16.6. The minimum absolute atomic E-state index is 0.0663. The van der Waals surface area contributed by atoms with Gasteiger partial charge in [0.05, 0.1) is 16.2 Å². The molecule has 0 spiro atoms. The van der Waals surface area contributed by atoms with Crippen molar-refractivity contribution in [3.8, 4) is 0 Å². The fourth-order valence-corrected chi connectivity index (χ4v) is 1.78. The van der Waals surface area contributed by atoms with Crippen LogP contribution in [0.5, 0.6) is 0 Å². The van der Waals surface area contributed by atoms with Gasteiger partial charge in [-0.1, -0.05) is 24.3 Å². The maximum atomic E-state index is 10.9. The number of aliphatic imine (C=N–C) groups is 1. The standard InChI is InChI=1S/C15H14N2O2/c1-11-6-5-8-14(12(11)2)16-10-13-7-3-4-9-15(13)17(18)19/h3-10H,1-2H3/b16-10-. The highest BCUT2D eigenvalue weighted by Crippen LogP contribution is 2.22. The summed E-state index contributed by atoms with van der Waals surface area (Å²) in [6.07, 6.45) is 1.54. The fraction of sp³-hybridized carbons (Fsp3) is 0.133. The zero-order valence-electron chi connectivity index (χ0n) is 10.8. The third-order valence-corrected chi connectivity index (χ3v) is 3.05. The molecule has 0 radical (unpaired) electrons. The Bertz CT molecular complexity index is 648. The summed E-state index contributed by atoms with van der Waals surface area (Å²) in [4.78, 5) is 14.9. The molecule has 0 amide bonds. The zero-order valence-corrected chi connectivity index (χ0v) is 10.8. The maximum Gasteiger partial charge on any atom is 0.278 e. The van der Waals surface area contributed by atoms with E-state index in [1.54, 1.807) is 24.4 Å². The molecule has 0 aliphatic heterocycles. The second-order valence-electron chi connectivity index (χ2n) is 4.29. The largest absolute Gasteiger partial charge is 0.278 e. The molecular weight excluding hydrogens is 240 g/mol. The Hall–Kier alpha value is -2.49. The molecule has 2 aromatic carbocycles. The lowest BCUT2D eigenvalue weighted by Gasteiger charge is -2.03. The van der Waals surface area contributed by atoms with Crippen LogP contribution in [0.25, 0.3) is 0 Å². The monoisotopic (exact) mass is 254 g/mol. The molecule has 96 valence electrons. The Morgan fingerprint density at radius 1 is 1.11 bits per heavy atom. The first-order chi connectivity index (χ1) is 9.09. The van der Waals surface area contributed by atoms with Gasteiger partial charge in [-0.05, 0) is 37.1 Å². The van der Waals surface area contributed by atoms with E-state index in [2.05, 4.69) is 4.99 Å². The Morgan fingerprint density at radius 2 is 1.84 bits per heavy atom. The van der Waals surface area contributed by atoms with E-state index < -0.39 is 4.92 Å². The second-order valence-corrected chi connectivity index (χ2v) is 4.29. The summed E-state index contributed by atoms with van der Waals surface area (Å²) in [5, 5.41) is 10.9. The van der Waals surface area contributed by atoms with E-state index in [-0.39, 0.29) is 5.69 Å². The third kappa shape index (κ3) is 2.85. The van der Waals surface area contributed by atoms with Gasteiger partial charge in [0, 0.05) is 12.3 Å². The second kappa shape index (κ2) is 5.44. The van der Waals surface area contributed by atoms with E-state index in [0.717, 1.165) is 16.8 Å². The number of hydrogen-bond donors (Lipinski definition) is 0. The normalized spacial score (nSPS) is 10.8. The van der Waals surface area contributed by atoms with Crippen molar-refractivity contribution in [2.24, 2.45) is 4.99 Å². The number of hydrogen-bond acceptors (Lipinski definition) is 3. The first-order valence-electron chi connectivity index (χ1n) is 5.93. The fourth-order valence-electron chi connectivity index (χ4n) is 1.78. The van der Waals surface area contributed by atoms with E-state index in [0.29, 0.717) is 5.56 Å². The third-order valence-electron chi connectivity index (χ3n) is 3.05. The SMILES string of the molecule is Cc1cccc(/N=C\c2ccccc2[N+](=O)[O-])c1C. The quantitative estimate of drug-likeness (QED) is 0.473. The molecule has 0 heterocycles. The summed E-state index contributed by atoms with van der Waals surface area (Å²) >= 11 is 0. The summed E-state index contributed by atoms with van der Waals surface area (Å²) in [5.74, 6) is 0. The van der Waals surface area contributed by atoms with Crippen LogP contribution in [0.2, 0.25) is 0 Å². The van der Waals surface area contributed by atoms with E-state index in [1.165, 1.54) is 6.07 Å². The minimum Gasteiger partial charge on any atom is -0.258 e. The molecule has 0 N–H and O–H groups in total. The van der Waals surface area contributed by atoms with Crippen molar-refractivity contribution in [1.82, 2.24) is 0 Å². The van der Waals surface area contributed by atoms with Gasteiger partial charge in [-0.25, -0.2) is 0 Å². The summed E-state index contributed by atoms with van der Waals surface area (Å²) in [7, 11) is 0. The number of nitrogens with zero attached hydrogens (tertiary/aromatic N) is 2. The van der Waals surface area contributed by atoms with Crippen LogP contribution in [0.4, 0.5) is 11.4 Å². The van der Waals surface area contributed by atoms with Gasteiger partial charge in [-0.2, -0.15) is 0 Å².